The number of hydrogen-bond donors (Lipinski definition) is 2. The average Bonchev–Trinajstić information content (AvgIpc) is 3.43. The summed E-state index contributed by atoms with van der Waals surface area (Å²) in [5.41, 5.74) is 9.49. The minimum Gasteiger partial charge on any atom is -0.380 e. The Labute approximate surface area is 224 Å². The maximum Gasteiger partial charge on any atom is 0.258 e. The lowest BCUT2D eigenvalue weighted by Crippen LogP contribution is -2.53. The van der Waals surface area contributed by atoms with E-state index >= 15 is 0 Å². The van der Waals surface area contributed by atoms with Crippen molar-refractivity contribution in [3.05, 3.63) is 40.7 Å². The van der Waals surface area contributed by atoms with E-state index in [1.165, 1.54) is 12.8 Å². The van der Waals surface area contributed by atoms with Crippen molar-refractivity contribution in [1.82, 2.24) is 19.6 Å². The van der Waals surface area contributed by atoms with Crippen LogP contribution in [0.1, 0.15) is 85.5 Å². The van der Waals surface area contributed by atoms with Crippen molar-refractivity contribution in [1.29, 1.82) is 0 Å². The molecule has 1 atom stereocenters. The highest BCUT2D eigenvalue weighted by molar-refractivity contribution is 6.00. The van der Waals surface area contributed by atoms with Crippen molar-refractivity contribution in [2.45, 2.75) is 78.3 Å². The number of fused-ring (bicyclic) bond motifs is 1. The van der Waals surface area contributed by atoms with Crippen molar-refractivity contribution < 1.29 is 14.4 Å². The molecule has 3 N–H and O–H groups in total. The van der Waals surface area contributed by atoms with Gasteiger partial charge in [-0.3, -0.25) is 14.4 Å². The zero-order chi connectivity index (χ0) is 27.4. The van der Waals surface area contributed by atoms with E-state index in [9.17, 15) is 14.4 Å². The van der Waals surface area contributed by atoms with E-state index in [1.807, 2.05) is 47.4 Å². The maximum atomic E-state index is 13.6. The average molecular weight is 521 g/mol. The summed E-state index contributed by atoms with van der Waals surface area (Å²) in [5, 5.41) is 8.27. The van der Waals surface area contributed by atoms with Crippen LogP contribution in [-0.4, -0.2) is 68.5 Å². The van der Waals surface area contributed by atoms with Crippen molar-refractivity contribution >= 4 is 23.4 Å². The number of nitrogens with two attached hydrogens (primary N) is 1. The van der Waals surface area contributed by atoms with Crippen LogP contribution in [0.15, 0.2) is 18.2 Å². The lowest BCUT2D eigenvalue weighted by molar-refractivity contribution is -0.130. The van der Waals surface area contributed by atoms with E-state index in [0.29, 0.717) is 60.3 Å². The molecule has 3 aliphatic rings. The Morgan fingerprint density at radius 1 is 1.21 bits per heavy atom. The third kappa shape index (κ3) is 5.02. The molecule has 1 saturated carbocycles. The lowest BCUT2D eigenvalue weighted by Gasteiger charge is -2.42. The van der Waals surface area contributed by atoms with Crippen molar-refractivity contribution in [3.63, 3.8) is 0 Å². The molecule has 9 nitrogen and oxygen atoms in total. The number of aryl methyl sites for hydroxylation is 1. The summed E-state index contributed by atoms with van der Waals surface area (Å²) in [6, 6.07) is 5.46. The molecule has 1 aliphatic carbocycles. The summed E-state index contributed by atoms with van der Waals surface area (Å²) in [6.45, 7) is 12.3. The van der Waals surface area contributed by atoms with Gasteiger partial charge in [0.25, 0.3) is 11.8 Å². The van der Waals surface area contributed by atoms with Gasteiger partial charge in [-0.1, -0.05) is 13.8 Å². The van der Waals surface area contributed by atoms with Crippen LogP contribution in [0.25, 0.3) is 5.69 Å². The molecule has 0 bridgehead atoms. The number of nitrogens with zero attached hydrogens (tertiary/aromatic N) is 4. The molecular formula is C29H40N6O3. The number of carbonyl (C=O) groups excluding carboxylic acids is 3. The Morgan fingerprint density at radius 2 is 1.95 bits per heavy atom. The maximum absolute atomic E-state index is 13.6. The van der Waals surface area contributed by atoms with E-state index in [4.69, 9.17) is 10.8 Å². The molecule has 5 rings (SSSR count). The van der Waals surface area contributed by atoms with Crippen LogP contribution in [0.3, 0.4) is 0 Å². The van der Waals surface area contributed by atoms with Gasteiger partial charge in [0.1, 0.15) is 0 Å². The van der Waals surface area contributed by atoms with Gasteiger partial charge in [-0.05, 0) is 70.1 Å². The number of nitrogens with one attached hydrogen (secondary N) is 1. The molecule has 3 heterocycles. The van der Waals surface area contributed by atoms with Crippen LogP contribution < -0.4 is 11.1 Å². The summed E-state index contributed by atoms with van der Waals surface area (Å²) >= 11 is 0. The molecule has 0 radical (unpaired) electrons. The van der Waals surface area contributed by atoms with E-state index in [2.05, 4.69) is 19.2 Å². The molecular weight excluding hydrogens is 480 g/mol. The highest BCUT2D eigenvalue weighted by Gasteiger charge is 2.43. The fourth-order valence-corrected chi connectivity index (χ4v) is 5.83. The van der Waals surface area contributed by atoms with E-state index in [1.54, 1.807) is 6.07 Å². The molecule has 9 heteroatoms. The number of primary amides is 1. The molecule has 1 aromatic carbocycles. The number of rotatable bonds is 8. The zero-order valence-electron chi connectivity index (χ0n) is 23.2. The first-order chi connectivity index (χ1) is 17.9. The third-order valence-electron chi connectivity index (χ3n) is 8.08. The molecule has 0 unspecified atom stereocenters. The van der Waals surface area contributed by atoms with Gasteiger partial charge >= 0.3 is 0 Å². The molecule has 2 aromatic rings. The Balaban J connectivity index is 1.44. The fourth-order valence-electron chi connectivity index (χ4n) is 5.83. The summed E-state index contributed by atoms with van der Waals surface area (Å²) in [5.74, 6) is 0.618. The SMILES string of the molecule is Cc1nn(-c2ccc(C(N)=O)c(N[C@H]3CCN(C(=O)CC(C)C)C3)c2)c2c1C(=O)N(CC1CC1)C(C)(C)C2. The number of carbonyl (C=O) groups is 3. The van der Waals surface area contributed by atoms with Gasteiger partial charge in [-0.2, -0.15) is 5.10 Å². The van der Waals surface area contributed by atoms with Crippen LogP contribution >= 0.6 is 0 Å². The van der Waals surface area contributed by atoms with Crippen LogP contribution in [0.4, 0.5) is 5.69 Å². The quantitative estimate of drug-likeness (QED) is 0.553. The first-order valence-electron chi connectivity index (χ1n) is 13.8. The number of benzene rings is 1. The van der Waals surface area contributed by atoms with Crippen LogP contribution in [-0.2, 0) is 11.2 Å². The second kappa shape index (κ2) is 9.75. The molecule has 1 saturated heterocycles. The predicted molar refractivity (Wildman–Crippen MR) is 146 cm³/mol. The molecule has 204 valence electrons. The first kappa shape index (κ1) is 26.3. The number of anilines is 1. The number of likely N-dealkylation sites (tertiary alicyclic amines) is 1. The largest absolute Gasteiger partial charge is 0.380 e. The highest BCUT2D eigenvalue weighted by atomic mass is 16.2. The lowest BCUT2D eigenvalue weighted by atomic mass is 9.87. The molecule has 0 spiro atoms. The van der Waals surface area contributed by atoms with E-state index in [-0.39, 0.29) is 23.4 Å². The zero-order valence-corrected chi connectivity index (χ0v) is 23.2. The second-order valence-corrected chi connectivity index (χ2v) is 12.3. The van der Waals surface area contributed by atoms with Gasteiger partial charge < -0.3 is 20.9 Å². The number of hydrogen-bond acceptors (Lipinski definition) is 5. The molecule has 1 aromatic heterocycles. The standard InChI is InChI=1S/C29H40N6O3/c1-17(2)12-25(36)33-11-10-20(16-33)31-23-13-21(8-9-22(23)27(30)37)35-24-14-29(4,5)34(15-19-6-7-19)28(38)26(24)18(3)32-35/h8-9,13,17,19-20,31H,6-7,10-12,14-16H2,1-5H3,(H2,30,37)/t20-/m0/s1. The van der Waals surface area contributed by atoms with Gasteiger partial charge in [-0.25, -0.2) is 4.68 Å². The number of aromatic nitrogens is 2. The first-order valence-corrected chi connectivity index (χ1v) is 13.8. The summed E-state index contributed by atoms with van der Waals surface area (Å²) < 4.78 is 1.85. The summed E-state index contributed by atoms with van der Waals surface area (Å²) in [4.78, 5) is 42.4. The topological polar surface area (TPSA) is 114 Å². The predicted octanol–water partition coefficient (Wildman–Crippen LogP) is 3.53. The van der Waals surface area contributed by atoms with Crippen molar-refractivity contribution in [2.75, 3.05) is 25.0 Å². The fraction of sp³-hybridized carbons (Fsp3) is 0.586. The minimum absolute atomic E-state index is 0.0178. The smallest absolute Gasteiger partial charge is 0.258 e. The third-order valence-corrected chi connectivity index (χ3v) is 8.08. The number of amides is 3. The van der Waals surface area contributed by atoms with Gasteiger partial charge in [0.15, 0.2) is 0 Å². The second-order valence-electron chi connectivity index (χ2n) is 12.3. The van der Waals surface area contributed by atoms with Gasteiger partial charge in [-0.15, -0.1) is 0 Å². The molecule has 3 amide bonds. The Bertz CT molecular complexity index is 1280. The van der Waals surface area contributed by atoms with Crippen molar-refractivity contribution in [2.24, 2.45) is 17.6 Å². The Kier molecular flexibility index (Phi) is 6.73. The monoisotopic (exact) mass is 520 g/mol. The van der Waals surface area contributed by atoms with E-state index < -0.39 is 5.91 Å². The summed E-state index contributed by atoms with van der Waals surface area (Å²) in [6.07, 6.45) is 4.40. The van der Waals surface area contributed by atoms with Gasteiger partial charge in [0.05, 0.1) is 28.2 Å². The highest BCUT2D eigenvalue weighted by Crippen LogP contribution is 2.38. The van der Waals surface area contributed by atoms with E-state index in [0.717, 1.165) is 24.3 Å². The Hall–Kier alpha value is -3.36. The van der Waals surface area contributed by atoms with Crippen LogP contribution in [0.5, 0.6) is 0 Å². The Morgan fingerprint density at radius 3 is 2.61 bits per heavy atom. The van der Waals surface area contributed by atoms with Crippen LogP contribution in [0, 0.1) is 18.8 Å². The normalized spacial score (nSPS) is 20.7. The summed E-state index contributed by atoms with van der Waals surface area (Å²) in [7, 11) is 0. The van der Waals surface area contributed by atoms with Gasteiger partial charge in [0, 0.05) is 49.7 Å². The molecule has 2 fully saturated rings. The van der Waals surface area contributed by atoms with Crippen molar-refractivity contribution in [3.8, 4) is 5.69 Å². The van der Waals surface area contributed by atoms with Gasteiger partial charge in [0.2, 0.25) is 5.91 Å². The molecule has 38 heavy (non-hydrogen) atoms. The molecule has 2 aliphatic heterocycles. The minimum atomic E-state index is -0.518. The van der Waals surface area contributed by atoms with Crippen LogP contribution in [0.2, 0.25) is 0 Å².